The molecular weight excluding hydrogens is 296 g/mol. The lowest BCUT2D eigenvalue weighted by Crippen LogP contribution is -2.32. The number of rotatable bonds is 4. The molecule has 22 heavy (non-hydrogen) atoms. The summed E-state index contributed by atoms with van der Waals surface area (Å²) in [7, 11) is 0. The van der Waals surface area contributed by atoms with E-state index >= 15 is 0 Å². The van der Waals surface area contributed by atoms with Crippen LogP contribution < -0.4 is 9.64 Å². The second-order valence-corrected chi connectivity index (χ2v) is 5.13. The summed E-state index contributed by atoms with van der Waals surface area (Å²) in [4.78, 5) is 6.64. The Hall–Kier alpha value is -2.26. The third kappa shape index (κ3) is 2.48. The second kappa shape index (κ2) is 6.24. The second-order valence-electron chi connectivity index (χ2n) is 4.86. The van der Waals surface area contributed by atoms with Crippen molar-refractivity contribution in [1.29, 1.82) is 0 Å². The summed E-state index contributed by atoms with van der Waals surface area (Å²) in [6.07, 6.45) is 0. The summed E-state index contributed by atoms with van der Waals surface area (Å²) in [5.41, 5.74) is 3.66. The molecule has 0 radical (unpaired) electrons. The number of nitrogens with zero attached hydrogens (tertiary/aromatic N) is 2. The lowest BCUT2D eigenvalue weighted by atomic mass is 10.1. The maximum atomic E-state index is 6.13. The van der Waals surface area contributed by atoms with Crippen molar-refractivity contribution in [1.82, 2.24) is 0 Å². The van der Waals surface area contributed by atoms with Crippen molar-refractivity contribution in [3.63, 3.8) is 0 Å². The molecule has 1 aliphatic heterocycles. The Balaban J connectivity index is 2.13. The molecule has 0 fully saturated rings. The average Bonchev–Trinajstić information content (AvgIpc) is 2.56. The van der Waals surface area contributed by atoms with Crippen LogP contribution in [-0.2, 0) is 0 Å². The number of aliphatic imine (C=N–C) groups is 1. The molecule has 0 N–H and O–H groups in total. The van der Waals surface area contributed by atoms with Crippen LogP contribution in [0.25, 0.3) is 5.70 Å². The van der Waals surface area contributed by atoms with E-state index in [0.29, 0.717) is 12.5 Å². The van der Waals surface area contributed by atoms with E-state index in [-0.39, 0.29) is 0 Å². The molecule has 3 nitrogen and oxygen atoms in total. The predicted molar refractivity (Wildman–Crippen MR) is 93.4 cm³/mol. The Labute approximate surface area is 135 Å². The van der Waals surface area contributed by atoms with Crippen molar-refractivity contribution in [2.75, 3.05) is 17.4 Å². The van der Waals surface area contributed by atoms with Crippen molar-refractivity contribution in [2.45, 2.75) is 6.92 Å². The molecule has 0 aromatic heterocycles. The zero-order valence-electron chi connectivity index (χ0n) is 12.4. The van der Waals surface area contributed by atoms with Crippen molar-refractivity contribution < 1.29 is 4.74 Å². The lowest BCUT2D eigenvalue weighted by Gasteiger charge is -2.32. The Bertz CT molecular complexity index is 739. The molecule has 0 saturated heterocycles. The number of amidine groups is 1. The van der Waals surface area contributed by atoms with Crippen LogP contribution in [0.1, 0.15) is 12.5 Å². The van der Waals surface area contributed by atoms with Crippen molar-refractivity contribution >= 4 is 34.5 Å². The van der Waals surface area contributed by atoms with Gasteiger partial charge in [-0.05, 0) is 25.1 Å². The summed E-state index contributed by atoms with van der Waals surface area (Å²) in [5.74, 6) is 1.84. The molecule has 4 heteroatoms. The van der Waals surface area contributed by atoms with Crippen LogP contribution in [-0.4, -0.2) is 18.3 Å². The fraction of sp³-hybridized carbons (Fsp3) is 0.167. The van der Waals surface area contributed by atoms with Gasteiger partial charge in [0.25, 0.3) is 0 Å². The monoisotopic (exact) mass is 312 g/mol. The fourth-order valence-corrected chi connectivity index (χ4v) is 2.75. The van der Waals surface area contributed by atoms with Gasteiger partial charge in [-0.15, -0.1) is 11.6 Å². The molecule has 2 aromatic carbocycles. The number of ether oxygens (including phenoxy) is 1. The molecule has 3 rings (SSSR count). The molecule has 0 bridgehead atoms. The molecule has 0 atom stereocenters. The van der Waals surface area contributed by atoms with Crippen LogP contribution in [0.5, 0.6) is 5.75 Å². The molecular formula is C18H17ClN2O. The number of benzene rings is 2. The number of halogens is 1. The molecule has 2 aromatic rings. The summed E-state index contributed by atoms with van der Waals surface area (Å²) < 4.78 is 5.74. The molecule has 0 amide bonds. The number of hydrogen-bond donors (Lipinski definition) is 0. The molecule has 0 aliphatic carbocycles. The first-order chi connectivity index (χ1) is 10.8. The Kier molecular flexibility index (Phi) is 4.16. The van der Waals surface area contributed by atoms with Gasteiger partial charge in [0, 0.05) is 11.3 Å². The van der Waals surface area contributed by atoms with Gasteiger partial charge in [-0.3, -0.25) is 4.90 Å². The van der Waals surface area contributed by atoms with Crippen LogP contribution in [0.2, 0.25) is 0 Å². The quantitative estimate of drug-likeness (QED) is 0.754. The van der Waals surface area contributed by atoms with E-state index in [4.69, 9.17) is 16.3 Å². The molecule has 0 spiro atoms. The zero-order valence-corrected chi connectivity index (χ0v) is 13.2. The van der Waals surface area contributed by atoms with E-state index in [1.165, 1.54) is 0 Å². The number of hydrogen-bond acceptors (Lipinski definition) is 3. The van der Waals surface area contributed by atoms with E-state index in [2.05, 4.69) is 11.6 Å². The van der Waals surface area contributed by atoms with Gasteiger partial charge in [-0.1, -0.05) is 36.9 Å². The molecule has 0 saturated carbocycles. The van der Waals surface area contributed by atoms with Crippen LogP contribution in [0.4, 0.5) is 11.4 Å². The Morgan fingerprint density at radius 2 is 1.86 bits per heavy atom. The first-order valence-electron chi connectivity index (χ1n) is 7.20. The highest BCUT2D eigenvalue weighted by Gasteiger charge is 2.26. The van der Waals surface area contributed by atoms with Gasteiger partial charge < -0.3 is 4.74 Å². The molecule has 112 valence electrons. The molecule has 1 heterocycles. The highest BCUT2D eigenvalue weighted by Crippen LogP contribution is 2.39. The minimum atomic E-state index is 0.299. The summed E-state index contributed by atoms with van der Waals surface area (Å²) in [6, 6.07) is 15.8. The van der Waals surface area contributed by atoms with E-state index in [0.717, 1.165) is 34.2 Å². The largest absolute Gasteiger partial charge is 0.492 e. The molecule has 1 aliphatic rings. The third-order valence-electron chi connectivity index (χ3n) is 3.52. The van der Waals surface area contributed by atoms with Crippen molar-refractivity contribution in [3.05, 3.63) is 60.7 Å². The van der Waals surface area contributed by atoms with Gasteiger partial charge in [0.05, 0.1) is 23.9 Å². The van der Waals surface area contributed by atoms with Gasteiger partial charge in [-0.25, -0.2) is 4.99 Å². The number of alkyl halides is 1. The maximum absolute atomic E-state index is 6.13. The van der Waals surface area contributed by atoms with Crippen molar-refractivity contribution in [2.24, 2.45) is 4.99 Å². The highest BCUT2D eigenvalue weighted by atomic mass is 35.5. The van der Waals surface area contributed by atoms with Gasteiger partial charge in [0.2, 0.25) is 0 Å². The van der Waals surface area contributed by atoms with E-state index in [9.17, 15) is 0 Å². The van der Waals surface area contributed by atoms with Crippen LogP contribution in [0, 0.1) is 0 Å². The van der Waals surface area contributed by atoms with Crippen molar-refractivity contribution in [3.8, 4) is 5.75 Å². The van der Waals surface area contributed by atoms with E-state index < -0.39 is 0 Å². The molecule has 0 unspecified atom stereocenters. The van der Waals surface area contributed by atoms with Crippen LogP contribution in [0.3, 0.4) is 0 Å². The fourth-order valence-electron chi connectivity index (χ4n) is 2.57. The minimum Gasteiger partial charge on any atom is -0.492 e. The summed E-state index contributed by atoms with van der Waals surface area (Å²) >= 11 is 6.13. The lowest BCUT2D eigenvalue weighted by molar-refractivity contribution is 0.341. The zero-order chi connectivity index (χ0) is 15.5. The first kappa shape index (κ1) is 14.7. The predicted octanol–water partition coefficient (Wildman–Crippen LogP) is 4.85. The topological polar surface area (TPSA) is 24.8 Å². The number of fused-ring (bicyclic) bond motifs is 1. The average molecular weight is 313 g/mol. The maximum Gasteiger partial charge on any atom is 0.143 e. The van der Waals surface area contributed by atoms with Gasteiger partial charge >= 0.3 is 0 Å². The van der Waals surface area contributed by atoms with Gasteiger partial charge in [0.15, 0.2) is 0 Å². The Morgan fingerprint density at radius 1 is 1.14 bits per heavy atom. The van der Waals surface area contributed by atoms with Gasteiger partial charge in [0.1, 0.15) is 11.6 Å². The van der Waals surface area contributed by atoms with Gasteiger partial charge in [-0.2, -0.15) is 0 Å². The first-order valence-corrected chi connectivity index (χ1v) is 7.73. The minimum absolute atomic E-state index is 0.299. The third-order valence-corrected chi connectivity index (χ3v) is 3.76. The normalized spacial score (nSPS) is 13.6. The number of anilines is 1. The van der Waals surface area contributed by atoms with E-state index in [1.807, 2.05) is 60.4 Å². The SMILES string of the molecule is C=C1c2ccccc2N=C(CCl)N1c1ccccc1OCC. The van der Waals surface area contributed by atoms with Crippen LogP contribution >= 0.6 is 11.6 Å². The number of para-hydroxylation sites is 3. The Morgan fingerprint density at radius 3 is 2.64 bits per heavy atom. The summed E-state index contributed by atoms with van der Waals surface area (Å²) in [5, 5.41) is 0. The van der Waals surface area contributed by atoms with E-state index in [1.54, 1.807) is 0 Å². The summed E-state index contributed by atoms with van der Waals surface area (Å²) in [6.45, 7) is 6.81. The highest BCUT2D eigenvalue weighted by molar-refractivity contribution is 6.33. The smallest absolute Gasteiger partial charge is 0.143 e. The van der Waals surface area contributed by atoms with Crippen LogP contribution in [0.15, 0.2) is 60.1 Å². The standard InChI is InChI=1S/C18H17ClN2O/c1-3-22-17-11-7-6-10-16(17)21-13(2)14-8-4-5-9-15(14)20-18(21)12-19/h4-11H,2-3,12H2,1H3.